The minimum Gasteiger partial charge on any atom is -0.493 e. The molecule has 3 rings (SSSR count). The van der Waals surface area contributed by atoms with Gasteiger partial charge in [0.1, 0.15) is 6.54 Å². The Bertz CT molecular complexity index is 1220. The molecule has 0 aromatic heterocycles. The highest BCUT2D eigenvalue weighted by molar-refractivity contribution is 9.10. The average Bonchev–Trinajstić information content (AvgIpc) is 2.77. The summed E-state index contributed by atoms with van der Waals surface area (Å²) in [6, 6.07) is 17.4. The third-order valence-corrected chi connectivity index (χ3v) is 6.97. The summed E-state index contributed by atoms with van der Waals surface area (Å²) >= 11 is 9.31. The van der Waals surface area contributed by atoms with Crippen LogP contribution < -0.4 is 19.1 Å². The van der Waals surface area contributed by atoms with E-state index in [0.717, 1.165) is 8.78 Å². The van der Waals surface area contributed by atoms with Crippen molar-refractivity contribution in [3.05, 3.63) is 76.2 Å². The average molecular weight is 540 g/mol. The Kier molecular flexibility index (Phi) is 7.65. The van der Waals surface area contributed by atoms with Crippen LogP contribution in [0.25, 0.3) is 0 Å². The molecule has 1 N–H and O–H groups in total. The Morgan fingerprint density at radius 1 is 1.00 bits per heavy atom. The molecule has 0 radical (unpaired) electrons. The summed E-state index contributed by atoms with van der Waals surface area (Å²) in [7, 11) is -1.27. The van der Waals surface area contributed by atoms with Crippen LogP contribution in [0.3, 0.4) is 0 Å². The second-order valence-corrected chi connectivity index (χ2v) is 9.78. The van der Waals surface area contributed by atoms with Crippen LogP contribution in [0.4, 0.5) is 11.4 Å². The summed E-state index contributed by atoms with van der Waals surface area (Å²) in [6.45, 7) is -0.454. The van der Waals surface area contributed by atoms with Crippen LogP contribution in [-0.4, -0.2) is 35.1 Å². The van der Waals surface area contributed by atoms with Gasteiger partial charge in [-0.1, -0.05) is 33.6 Å². The predicted molar refractivity (Wildman–Crippen MR) is 128 cm³/mol. The normalized spacial score (nSPS) is 11.0. The first kappa shape index (κ1) is 23.9. The Labute approximate surface area is 200 Å². The van der Waals surface area contributed by atoms with Gasteiger partial charge in [-0.3, -0.25) is 9.10 Å². The molecule has 7 nitrogen and oxygen atoms in total. The van der Waals surface area contributed by atoms with Gasteiger partial charge in [0.25, 0.3) is 10.0 Å². The molecule has 0 aliphatic rings. The van der Waals surface area contributed by atoms with Crippen molar-refractivity contribution >= 4 is 54.8 Å². The third kappa shape index (κ3) is 5.53. The van der Waals surface area contributed by atoms with Crippen LogP contribution in [0, 0.1) is 0 Å². The minimum absolute atomic E-state index is 0.0552. The number of sulfonamides is 1. The zero-order valence-corrected chi connectivity index (χ0v) is 20.4. The van der Waals surface area contributed by atoms with E-state index >= 15 is 0 Å². The van der Waals surface area contributed by atoms with Crippen molar-refractivity contribution in [1.82, 2.24) is 0 Å². The van der Waals surface area contributed by atoms with E-state index in [0.29, 0.717) is 16.5 Å². The molecule has 0 saturated heterocycles. The van der Waals surface area contributed by atoms with Crippen LogP contribution in [0.1, 0.15) is 0 Å². The van der Waals surface area contributed by atoms with Gasteiger partial charge in [-0.05, 0) is 54.6 Å². The summed E-state index contributed by atoms with van der Waals surface area (Å²) in [4.78, 5) is 12.7. The lowest BCUT2D eigenvalue weighted by Crippen LogP contribution is -2.38. The van der Waals surface area contributed by atoms with Gasteiger partial charge in [-0.25, -0.2) is 8.42 Å². The molecule has 168 valence electrons. The van der Waals surface area contributed by atoms with Gasteiger partial charge in [0.15, 0.2) is 11.5 Å². The lowest BCUT2D eigenvalue weighted by molar-refractivity contribution is -0.114. The number of carbonyl (C=O) groups is 1. The molecule has 0 spiro atoms. The van der Waals surface area contributed by atoms with Crippen LogP contribution in [0.5, 0.6) is 11.5 Å². The van der Waals surface area contributed by atoms with E-state index in [9.17, 15) is 13.2 Å². The molecule has 0 unspecified atom stereocenters. The molecular weight excluding hydrogens is 520 g/mol. The van der Waals surface area contributed by atoms with Crippen LogP contribution >= 0.6 is 27.5 Å². The van der Waals surface area contributed by atoms with Crippen molar-refractivity contribution in [2.45, 2.75) is 4.90 Å². The number of nitrogens with zero attached hydrogens (tertiary/aromatic N) is 1. The maximum Gasteiger partial charge on any atom is 0.264 e. The van der Waals surface area contributed by atoms with Crippen molar-refractivity contribution in [2.24, 2.45) is 0 Å². The number of hydrogen-bond donors (Lipinski definition) is 1. The van der Waals surface area contributed by atoms with E-state index in [1.54, 1.807) is 30.3 Å². The molecule has 3 aromatic carbocycles. The van der Waals surface area contributed by atoms with Crippen molar-refractivity contribution in [3.63, 3.8) is 0 Å². The quantitative estimate of drug-likeness (QED) is 0.438. The molecular formula is C22H20BrClN2O5S. The molecule has 0 heterocycles. The molecule has 0 aliphatic heterocycles. The second-order valence-electron chi connectivity index (χ2n) is 6.56. The summed E-state index contributed by atoms with van der Waals surface area (Å²) in [5, 5.41) is 3.15. The van der Waals surface area contributed by atoms with E-state index in [-0.39, 0.29) is 16.3 Å². The molecule has 3 aromatic rings. The van der Waals surface area contributed by atoms with E-state index in [2.05, 4.69) is 21.2 Å². The van der Waals surface area contributed by atoms with Crippen molar-refractivity contribution in [3.8, 4) is 11.5 Å². The van der Waals surface area contributed by atoms with Gasteiger partial charge < -0.3 is 14.8 Å². The number of carbonyl (C=O) groups excluding carboxylic acids is 1. The van der Waals surface area contributed by atoms with Gasteiger partial charge in [0.05, 0.1) is 24.8 Å². The number of nitrogens with one attached hydrogen (secondary N) is 1. The number of anilines is 2. The summed E-state index contributed by atoms with van der Waals surface area (Å²) < 4.78 is 39.3. The molecule has 0 fully saturated rings. The molecule has 10 heteroatoms. The van der Waals surface area contributed by atoms with E-state index in [4.69, 9.17) is 21.1 Å². The maximum atomic E-state index is 13.5. The topological polar surface area (TPSA) is 84.9 Å². The molecule has 1 amide bonds. The number of benzene rings is 3. The van der Waals surface area contributed by atoms with E-state index in [1.165, 1.54) is 44.6 Å². The van der Waals surface area contributed by atoms with Crippen molar-refractivity contribution in [2.75, 3.05) is 30.4 Å². The summed E-state index contributed by atoms with van der Waals surface area (Å²) in [6.07, 6.45) is 0. The second kappa shape index (κ2) is 10.2. The monoisotopic (exact) mass is 538 g/mol. The zero-order valence-electron chi connectivity index (χ0n) is 17.2. The number of hydrogen-bond acceptors (Lipinski definition) is 5. The number of methoxy groups -OCH3 is 2. The zero-order chi connectivity index (χ0) is 23.3. The van der Waals surface area contributed by atoms with Gasteiger partial charge in [0, 0.05) is 21.2 Å². The van der Waals surface area contributed by atoms with Gasteiger partial charge in [-0.15, -0.1) is 0 Å². The number of rotatable bonds is 8. The fourth-order valence-corrected chi connectivity index (χ4v) is 4.89. The predicted octanol–water partition coefficient (Wildman–Crippen LogP) is 4.95. The standard InChI is InChI=1S/C22H20BrClN2O5S/c1-30-20-11-10-19(13-21(20)31-2)32(28,29)26(18-8-6-16(24)7-9-18)14-22(27)25-17-5-3-4-15(23)12-17/h3-13H,14H2,1-2H3,(H,25,27). The highest BCUT2D eigenvalue weighted by Gasteiger charge is 2.28. The lowest BCUT2D eigenvalue weighted by atomic mass is 10.3. The third-order valence-electron chi connectivity index (χ3n) is 4.45. The van der Waals surface area contributed by atoms with Crippen molar-refractivity contribution in [1.29, 1.82) is 0 Å². The highest BCUT2D eigenvalue weighted by atomic mass is 79.9. The molecule has 32 heavy (non-hydrogen) atoms. The Morgan fingerprint density at radius 2 is 1.69 bits per heavy atom. The Balaban J connectivity index is 1.98. The number of amides is 1. The molecule has 0 aliphatic carbocycles. The molecule has 0 bridgehead atoms. The molecule has 0 saturated carbocycles. The van der Waals surface area contributed by atoms with Crippen molar-refractivity contribution < 1.29 is 22.7 Å². The smallest absolute Gasteiger partial charge is 0.264 e. The first-order valence-corrected chi connectivity index (χ1v) is 11.9. The van der Waals surface area contributed by atoms with E-state index < -0.39 is 22.5 Å². The summed E-state index contributed by atoms with van der Waals surface area (Å²) in [5.41, 5.74) is 0.817. The van der Waals surface area contributed by atoms with Gasteiger partial charge >= 0.3 is 0 Å². The van der Waals surface area contributed by atoms with Gasteiger partial charge in [-0.2, -0.15) is 0 Å². The van der Waals surface area contributed by atoms with Crippen LogP contribution in [0.15, 0.2) is 76.1 Å². The Hall–Kier alpha value is -2.75. The largest absolute Gasteiger partial charge is 0.493 e. The Morgan fingerprint density at radius 3 is 2.31 bits per heavy atom. The number of ether oxygens (including phenoxy) is 2. The maximum absolute atomic E-state index is 13.5. The first-order chi connectivity index (χ1) is 15.2. The fourth-order valence-electron chi connectivity index (χ4n) is 2.92. The van der Waals surface area contributed by atoms with Gasteiger partial charge in [0.2, 0.25) is 5.91 Å². The highest BCUT2D eigenvalue weighted by Crippen LogP contribution is 2.32. The SMILES string of the molecule is COc1ccc(S(=O)(=O)N(CC(=O)Nc2cccc(Br)c2)c2ccc(Cl)cc2)cc1OC. The minimum atomic E-state index is -4.14. The number of halogens is 2. The lowest BCUT2D eigenvalue weighted by Gasteiger charge is -2.24. The first-order valence-electron chi connectivity index (χ1n) is 9.30. The van der Waals surface area contributed by atoms with Crippen LogP contribution in [0.2, 0.25) is 5.02 Å². The molecule has 0 atom stereocenters. The van der Waals surface area contributed by atoms with Crippen LogP contribution in [-0.2, 0) is 14.8 Å². The van der Waals surface area contributed by atoms with E-state index in [1.807, 2.05) is 6.07 Å². The fraction of sp³-hybridized carbons (Fsp3) is 0.136. The summed E-state index contributed by atoms with van der Waals surface area (Å²) in [5.74, 6) is 0.127.